The Kier molecular flexibility index (Phi) is 6.82. The fourth-order valence-electron chi connectivity index (χ4n) is 5.57. The molecule has 7 rings (SSSR count). The van der Waals surface area contributed by atoms with Crippen molar-refractivity contribution in [3.63, 3.8) is 0 Å². The molecule has 5 aromatic rings. The van der Waals surface area contributed by atoms with Crippen LogP contribution in [0.3, 0.4) is 0 Å². The highest BCUT2D eigenvalue weighted by atomic mass is 19.1. The molecule has 2 aliphatic heterocycles. The number of rotatable bonds is 7. The normalized spacial score (nSPS) is 17.0. The minimum absolute atomic E-state index is 0.0480. The summed E-state index contributed by atoms with van der Waals surface area (Å²) in [7, 11) is 0. The van der Waals surface area contributed by atoms with Gasteiger partial charge in [0.05, 0.1) is 40.9 Å². The van der Waals surface area contributed by atoms with Crippen molar-refractivity contribution < 1.29 is 32.2 Å². The van der Waals surface area contributed by atoms with Gasteiger partial charge in [-0.25, -0.2) is 18.2 Å². The summed E-state index contributed by atoms with van der Waals surface area (Å²) in [5, 5.41) is 9.03. The van der Waals surface area contributed by atoms with Gasteiger partial charge in [0.15, 0.2) is 17.3 Å². The van der Waals surface area contributed by atoms with Gasteiger partial charge in [0.25, 0.3) is 6.29 Å². The molecule has 44 heavy (non-hydrogen) atoms. The summed E-state index contributed by atoms with van der Waals surface area (Å²) in [6, 6.07) is 18.4. The van der Waals surface area contributed by atoms with Crippen LogP contribution in [0.15, 0.2) is 66.7 Å². The Balaban J connectivity index is 1.21. The van der Waals surface area contributed by atoms with Gasteiger partial charge < -0.3 is 18.8 Å². The number of para-hydroxylation sites is 1. The molecule has 0 amide bonds. The number of imidazole rings is 1. The Bertz CT molecular complexity index is 1990. The molecule has 220 valence electrons. The molecule has 4 aromatic carbocycles. The first kappa shape index (κ1) is 27.7. The summed E-state index contributed by atoms with van der Waals surface area (Å²) in [6.45, 7) is 2.58. The molecule has 0 aliphatic carbocycles. The number of benzene rings is 4. The van der Waals surface area contributed by atoms with Crippen LogP contribution in [0.1, 0.15) is 52.5 Å². The summed E-state index contributed by atoms with van der Waals surface area (Å²) in [4.78, 5) is 16.7. The van der Waals surface area contributed by atoms with E-state index in [0.717, 1.165) is 12.5 Å². The Hall–Kier alpha value is -5.14. The molecule has 0 spiro atoms. The number of halogens is 3. The average Bonchev–Trinajstić information content (AvgIpc) is 3.57. The number of hydrogen-bond acceptors (Lipinski definition) is 6. The highest BCUT2D eigenvalue weighted by molar-refractivity contribution is 5.97. The first-order valence-corrected chi connectivity index (χ1v) is 14.0. The first-order chi connectivity index (χ1) is 21.3. The van der Waals surface area contributed by atoms with Gasteiger partial charge in [-0.15, -0.1) is 0 Å². The Morgan fingerprint density at radius 2 is 1.82 bits per heavy atom. The summed E-state index contributed by atoms with van der Waals surface area (Å²) >= 11 is 0. The summed E-state index contributed by atoms with van der Waals surface area (Å²) in [6.07, 6.45) is -0.451. The van der Waals surface area contributed by atoms with Crippen molar-refractivity contribution in [3.8, 4) is 28.7 Å². The lowest BCUT2D eigenvalue weighted by molar-refractivity contribution is -0.0589. The number of nitriles is 1. The SMILES string of the molecule is CC(=O)c1ccc2nc(Cc3c(F)cc(-c4cccc5c4OC(c4ccc(C#N)cc4F)O5)cc3F)n(C[C@@H]3CCO3)c2c1. The van der Waals surface area contributed by atoms with Gasteiger partial charge in [-0.2, -0.15) is 5.26 Å². The first-order valence-electron chi connectivity index (χ1n) is 14.0. The van der Waals surface area contributed by atoms with Crippen molar-refractivity contribution in [2.75, 3.05) is 6.61 Å². The van der Waals surface area contributed by atoms with Crippen LogP contribution in [0.5, 0.6) is 11.5 Å². The van der Waals surface area contributed by atoms with Gasteiger partial charge in [0.2, 0.25) is 0 Å². The van der Waals surface area contributed by atoms with E-state index in [4.69, 9.17) is 19.5 Å². The average molecular weight is 596 g/mol. The fraction of sp³-hybridized carbons (Fsp3) is 0.206. The van der Waals surface area contributed by atoms with Crippen molar-refractivity contribution in [2.45, 2.75) is 38.7 Å². The number of carbonyl (C=O) groups is 1. The molecule has 10 heteroatoms. The van der Waals surface area contributed by atoms with Crippen LogP contribution < -0.4 is 9.47 Å². The van der Waals surface area contributed by atoms with E-state index in [0.29, 0.717) is 41.1 Å². The molecule has 0 N–H and O–H groups in total. The van der Waals surface area contributed by atoms with Crippen LogP contribution in [0.2, 0.25) is 0 Å². The highest BCUT2D eigenvalue weighted by Gasteiger charge is 2.31. The second kappa shape index (κ2) is 10.8. The maximum absolute atomic E-state index is 15.7. The molecular weight excluding hydrogens is 571 g/mol. The van der Waals surface area contributed by atoms with Crippen LogP contribution in [-0.4, -0.2) is 28.0 Å². The Labute approximate surface area is 250 Å². The number of fused-ring (bicyclic) bond motifs is 2. The van der Waals surface area contributed by atoms with E-state index >= 15 is 8.78 Å². The molecule has 1 aromatic heterocycles. The summed E-state index contributed by atoms with van der Waals surface area (Å²) < 4.78 is 65.3. The number of aromatic nitrogens is 2. The summed E-state index contributed by atoms with van der Waals surface area (Å²) in [5.41, 5.74) is 2.51. The zero-order chi connectivity index (χ0) is 30.5. The van der Waals surface area contributed by atoms with Crippen LogP contribution in [0, 0.1) is 28.8 Å². The molecule has 7 nitrogen and oxygen atoms in total. The van der Waals surface area contributed by atoms with Gasteiger partial charge in [0.1, 0.15) is 23.3 Å². The predicted molar refractivity (Wildman–Crippen MR) is 154 cm³/mol. The highest BCUT2D eigenvalue weighted by Crippen LogP contribution is 2.47. The number of Topliss-reactive ketones (excluding diaryl/α,β-unsaturated/α-hetero) is 1. The number of ether oxygens (including phenoxy) is 3. The Morgan fingerprint density at radius 1 is 1.02 bits per heavy atom. The lowest BCUT2D eigenvalue weighted by Gasteiger charge is -2.27. The van der Waals surface area contributed by atoms with Crippen molar-refractivity contribution in [1.29, 1.82) is 5.26 Å². The van der Waals surface area contributed by atoms with Crippen molar-refractivity contribution >= 4 is 16.8 Å². The standard InChI is InChI=1S/C34H24F3N3O4/c1-18(41)20-6-8-29-30(14-20)40(17-22-9-10-42-22)32(39-29)15-25-27(36)12-21(13-28(25)37)23-3-2-4-31-33(23)44-34(43-31)24-7-5-19(16-38)11-26(24)35/h2-8,11-14,22,34H,9-10,15,17H2,1H3/t22-,34?/m0/s1. The molecule has 1 fully saturated rings. The molecule has 3 heterocycles. The third kappa shape index (κ3) is 4.85. The molecular formula is C34H24F3N3O4. The van der Waals surface area contributed by atoms with Gasteiger partial charge in [-0.3, -0.25) is 4.79 Å². The van der Waals surface area contributed by atoms with Gasteiger partial charge in [0, 0.05) is 29.7 Å². The quantitative estimate of drug-likeness (QED) is 0.188. The van der Waals surface area contributed by atoms with Gasteiger partial charge >= 0.3 is 0 Å². The lowest BCUT2D eigenvalue weighted by atomic mass is 10.00. The molecule has 0 saturated carbocycles. The number of hydrogen-bond donors (Lipinski definition) is 0. The van der Waals surface area contributed by atoms with Crippen LogP contribution in [0.25, 0.3) is 22.2 Å². The van der Waals surface area contributed by atoms with E-state index in [-0.39, 0.29) is 52.1 Å². The van der Waals surface area contributed by atoms with Gasteiger partial charge in [-0.1, -0.05) is 12.1 Å². The Morgan fingerprint density at radius 3 is 2.50 bits per heavy atom. The third-order valence-corrected chi connectivity index (χ3v) is 8.02. The van der Waals surface area contributed by atoms with E-state index in [1.807, 2.05) is 10.6 Å². The number of carbonyl (C=O) groups excluding carboxylic acids is 1. The molecule has 1 saturated heterocycles. The van der Waals surface area contributed by atoms with E-state index in [9.17, 15) is 9.18 Å². The maximum atomic E-state index is 15.7. The van der Waals surface area contributed by atoms with E-state index in [2.05, 4.69) is 4.98 Å². The maximum Gasteiger partial charge on any atom is 0.270 e. The van der Waals surface area contributed by atoms with E-state index in [1.54, 1.807) is 36.4 Å². The van der Waals surface area contributed by atoms with Crippen molar-refractivity contribution in [3.05, 3.63) is 112 Å². The number of nitrogens with zero attached hydrogens (tertiary/aromatic N) is 3. The minimum Gasteiger partial charge on any atom is -0.447 e. The smallest absolute Gasteiger partial charge is 0.270 e. The second-order valence-electron chi connectivity index (χ2n) is 10.8. The lowest BCUT2D eigenvalue weighted by Crippen LogP contribution is -2.31. The molecule has 2 atom stereocenters. The van der Waals surface area contributed by atoms with E-state index in [1.165, 1.54) is 31.2 Å². The summed E-state index contributed by atoms with van der Waals surface area (Å²) in [5.74, 6) is -1.34. The largest absolute Gasteiger partial charge is 0.447 e. The van der Waals surface area contributed by atoms with Crippen molar-refractivity contribution in [1.82, 2.24) is 9.55 Å². The van der Waals surface area contributed by atoms with Crippen LogP contribution >= 0.6 is 0 Å². The van der Waals surface area contributed by atoms with Crippen LogP contribution in [-0.2, 0) is 17.7 Å². The molecule has 2 aliphatic rings. The van der Waals surface area contributed by atoms with Gasteiger partial charge in [-0.05, 0) is 73.5 Å². The predicted octanol–water partition coefficient (Wildman–Crippen LogP) is 7.04. The molecule has 0 bridgehead atoms. The minimum atomic E-state index is -1.14. The number of ketones is 1. The van der Waals surface area contributed by atoms with Crippen molar-refractivity contribution in [2.24, 2.45) is 0 Å². The monoisotopic (exact) mass is 595 g/mol. The third-order valence-electron chi connectivity index (χ3n) is 8.02. The van der Waals surface area contributed by atoms with Crippen LogP contribution in [0.4, 0.5) is 13.2 Å². The fourth-order valence-corrected chi connectivity index (χ4v) is 5.57. The molecule has 1 unspecified atom stereocenters. The molecule has 0 radical (unpaired) electrons. The topological polar surface area (TPSA) is 86.4 Å². The second-order valence-corrected chi connectivity index (χ2v) is 10.8. The zero-order valence-electron chi connectivity index (χ0n) is 23.4. The zero-order valence-corrected chi connectivity index (χ0v) is 23.4. The van der Waals surface area contributed by atoms with E-state index < -0.39 is 23.7 Å².